The summed E-state index contributed by atoms with van der Waals surface area (Å²) >= 11 is 3.25. The summed E-state index contributed by atoms with van der Waals surface area (Å²) in [7, 11) is 0. The average Bonchev–Trinajstić information content (AvgIpc) is 0.829. The Bertz CT molecular complexity index is 2750. The molecule has 0 aromatic rings. The fourth-order valence-corrected chi connectivity index (χ4v) is 12.5. The lowest BCUT2D eigenvalue weighted by Gasteiger charge is -2.39. The molecule has 0 aliphatic heterocycles. The van der Waals surface area contributed by atoms with Crippen molar-refractivity contribution in [1.82, 2.24) is 21.3 Å². The molecule has 0 fully saturated rings. The molecule has 0 spiro atoms. The number of halogens is 1. The molecule has 0 saturated carbocycles. The molecular formula is C86H147BrN4O26. The second-order valence-corrected chi connectivity index (χ2v) is 40.1. The lowest BCUT2D eigenvalue weighted by atomic mass is 9.80. The van der Waals surface area contributed by atoms with Gasteiger partial charge in [-0.2, -0.15) is 0 Å². The van der Waals surface area contributed by atoms with Crippen molar-refractivity contribution in [1.29, 1.82) is 0 Å². The monoisotopic (exact) mass is 1730 g/mol. The number of carbonyl (C=O) groups excluding carboxylic acids is 15. The maximum Gasteiger partial charge on any atom is 0.317 e. The smallest absolute Gasteiger partial charge is 0.317 e. The highest BCUT2D eigenvalue weighted by Crippen LogP contribution is 2.36. The first-order chi connectivity index (χ1) is 53.0. The minimum Gasteiger partial charge on any atom is -0.465 e. The first-order valence-electron chi connectivity index (χ1n) is 41.0. The Morgan fingerprint density at radius 1 is 0.205 bits per heavy atom. The molecule has 0 aromatic carbocycles. The maximum absolute atomic E-state index is 15.5. The molecule has 30 nitrogen and oxygen atoms in total. The number of nitrogens with one attached hydrogen (secondary N) is 4. The van der Waals surface area contributed by atoms with Crippen LogP contribution in [0.4, 0.5) is 0 Å². The van der Waals surface area contributed by atoms with Gasteiger partial charge >= 0.3 is 65.7 Å². The summed E-state index contributed by atoms with van der Waals surface area (Å²) in [6.45, 7) is 44.6. The maximum atomic E-state index is 15.5. The van der Waals surface area contributed by atoms with E-state index < -0.39 is 220 Å². The molecule has 0 aromatic heterocycles. The van der Waals surface area contributed by atoms with Crippen LogP contribution in [0.1, 0.15) is 367 Å². The van der Waals surface area contributed by atoms with Gasteiger partial charge in [0.25, 0.3) is 0 Å². The highest BCUT2D eigenvalue weighted by molar-refractivity contribution is 9.09. The highest BCUT2D eigenvalue weighted by Gasteiger charge is 2.43. The van der Waals surface area contributed by atoms with Crippen molar-refractivity contribution in [3.8, 4) is 0 Å². The Kier molecular flexibility index (Phi) is 45.0. The van der Waals surface area contributed by atoms with E-state index in [1.807, 2.05) is 0 Å². The number of hydrogen-bond donors (Lipinski definition) is 4. The minimum atomic E-state index is -1.89. The molecule has 0 rings (SSSR count). The van der Waals surface area contributed by atoms with E-state index in [-0.39, 0.29) is 129 Å². The lowest BCUT2D eigenvalue weighted by molar-refractivity contribution is -0.158. The summed E-state index contributed by atoms with van der Waals surface area (Å²) < 4.78 is 61.9. The van der Waals surface area contributed by atoms with Crippen LogP contribution < -0.4 is 21.3 Å². The molecule has 0 unspecified atom stereocenters. The fraction of sp³-hybridized carbons (Fsp3) is 0.826. The Morgan fingerprint density at radius 3 is 0.504 bits per heavy atom. The summed E-state index contributed by atoms with van der Waals surface area (Å²) in [6, 6.07) is 0. The van der Waals surface area contributed by atoms with Crippen LogP contribution in [0, 0.1) is 0 Å². The number of esters is 11. The summed E-state index contributed by atoms with van der Waals surface area (Å²) in [5.74, 6) is -11.0. The Labute approximate surface area is 704 Å². The van der Waals surface area contributed by atoms with E-state index in [1.54, 1.807) is 187 Å². The van der Waals surface area contributed by atoms with E-state index in [4.69, 9.17) is 52.1 Å². The van der Waals surface area contributed by atoms with Crippen LogP contribution in [0.15, 0.2) is 0 Å². The van der Waals surface area contributed by atoms with Gasteiger partial charge in [-0.15, -0.1) is 0 Å². The number of amides is 4. The van der Waals surface area contributed by atoms with Crippen molar-refractivity contribution >= 4 is 105 Å². The summed E-state index contributed by atoms with van der Waals surface area (Å²) in [5.41, 5.74) is -15.4. The van der Waals surface area contributed by atoms with E-state index in [1.165, 1.54) is 0 Å². The summed E-state index contributed by atoms with van der Waals surface area (Å²) in [4.78, 5) is 211. The van der Waals surface area contributed by atoms with Crippen LogP contribution in [0.5, 0.6) is 0 Å². The second-order valence-electron chi connectivity index (χ2n) is 39.4. The van der Waals surface area contributed by atoms with Crippen LogP contribution in [-0.2, 0) is 124 Å². The van der Waals surface area contributed by atoms with Gasteiger partial charge in [-0.3, -0.25) is 71.9 Å². The van der Waals surface area contributed by atoms with Crippen molar-refractivity contribution in [3.05, 3.63) is 0 Å². The van der Waals surface area contributed by atoms with Gasteiger partial charge in [0.2, 0.25) is 23.6 Å². The first-order valence-corrected chi connectivity index (χ1v) is 42.2. The highest BCUT2D eigenvalue weighted by atomic mass is 79.9. The van der Waals surface area contributed by atoms with Crippen molar-refractivity contribution in [3.63, 3.8) is 0 Å². The number of carbonyl (C=O) groups is 15. The zero-order valence-electron chi connectivity index (χ0n) is 75.9. The molecular weight excluding hydrogens is 1580 g/mol. The predicted octanol–water partition coefficient (Wildman–Crippen LogP) is 13.9. The quantitative estimate of drug-likeness (QED) is 0.0144. The molecule has 0 radical (unpaired) electrons. The predicted molar refractivity (Wildman–Crippen MR) is 441 cm³/mol. The standard InChI is InChI=1S/C86H147BrN4O26/c1-74(2,3)109-63(96)34-46-84(47-35-64(97)110-75(4,5)6,48-36-65(98)111-76(7,8)9)89-60(93)31-43-83(88-59(92)30-28-56-107-72(105)58-73(106)108-57-29-55-87,44-32-61(94)90-85(49-37-66(99)112-77(10,11)12,50-38-67(100)113-78(13,14)15)51-39-68(101)114-79(16,17)18)45-33-62(95)91-86(52-40-69(102)115-80(19,20)21,53-41-70(103)116-81(22,23)24)54-42-71(104)117-82(25,26)27/h28-58H2,1-27H3,(H,88,92)(H,89,93)(H,90,94)(H,91,95). The number of rotatable bonds is 49. The zero-order chi connectivity index (χ0) is 90.7. The third-order valence-electron chi connectivity index (χ3n) is 16.8. The van der Waals surface area contributed by atoms with Crippen LogP contribution in [0.25, 0.3) is 0 Å². The SMILES string of the molecule is CC(C)(C)OC(=O)CCC(CCC(=O)OC(C)(C)C)(CCC(=O)OC(C)(C)C)NC(=O)CCC(CCC(=O)NC(CCC(=O)OC(C)(C)C)(CCC(=O)OC(C)(C)C)CCC(=O)OC(C)(C)C)(CCC(=O)NC(CCC(=O)OC(C)(C)C)(CCC(=O)OC(C)(C)C)CCC(=O)OC(C)(C)C)NC(=O)CCCOC(=O)CC(=O)OCCCBr. The van der Waals surface area contributed by atoms with Crippen LogP contribution in [0.3, 0.4) is 0 Å². The van der Waals surface area contributed by atoms with Crippen LogP contribution in [-0.4, -0.2) is 180 Å². The summed E-state index contributed by atoms with van der Waals surface area (Å²) in [5, 5.41) is 12.8. The molecule has 0 atom stereocenters. The zero-order valence-corrected chi connectivity index (χ0v) is 77.5. The van der Waals surface area contributed by atoms with Gasteiger partial charge in [-0.05, 0) is 277 Å². The molecule has 0 saturated heterocycles. The van der Waals surface area contributed by atoms with E-state index in [0.29, 0.717) is 11.8 Å². The molecule has 0 heterocycles. The largest absolute Gasteiger partial charge is 0.465 e. The third-order valence-corrected chi connectivity index (χ3v) is 17.4. The van der Waals surface area contributed by atoms with Gasteiger partial charge in [-0.25, -0.2) is 0 Å². The minimum absolute atomic E-state index is 0.0375. The molecule has 4 N–H and O–H groups in total. The van der Waals surface area contributed by atoms with E-state index in [2.05, 4.69) is 37.2 Å². The van der Waals surface area contributed by atoms with Crippen molar-refractivity contribution < 1.29 is 124 Å². The summed E-state index contributed by atoms with van der Waals surface area (Å²) in [6.07, 6.45) is -8.91. The van der Waals surface area contributed by atoms with Crippen molar-refractivity contribution in [2.45, 2.75) is 439 Å². The lowest BCUT2D eigenvalue weighted by Crippen LogP contribution is -2.54. The van der Waals surface area contributed by atoms with Gasteiger partial charge in [0.05, 0.1) is 13.2 Å². The van der Waals surface area contributed by atoms with E-state index in [9.17, 15) is 52.7 Å². The average molecular weight is 1730 g/mol. The number of hydrogen-bond acceptors (Lipinski definition) is 26. The topological polar surface area (TPSA) is 406 Å². The fourth-order valence-electron chi connectivity index (χ4n) is 12.2. The second kappa shape index (κ2) is 48.1. The van der Waals surface area contributed by atoms with Gasteiger partial charge in [0.1, 0.15) is 56.8 Å². The Morgan fingerprint density at radius 2 is 0.350 bits per heavy atom. The molecule has 0 bridgehead atoms. The van der Waals surface area contributed by atoms with E-state index >= 15 is 19.2 Å². The molecule has 674 valence electrons. The molecule has 0 aliphatic rings. The van der Waals surface area contributed by atoms with Gasteiger partial charge in [0, 0.05) is 111 Å². The third kappa shape index (κ3) is 58.2. The van der Waals surface area contributed by atoms with Crippen LogP contribution in [0.2, 0.25) is 0 Å². The van der Waals surface area contributed by atoms with Gasteiger partial charge < -0.3 is 73.4 Å². The van der Waals surface area contributed by atoms with Gasteiger partial charge in [-0.1, -0.05) is 15.9 Å². The Balaban J connectivity index is 9.44. The molecule has 117 heavy (non-hydrogen) atoms. The van der Waals surface area contributed by atoms with Crippen LogP contribution >= 0.6 is 15.9 Å². The molecule has 4 amide bonds. The molecule has 31 heteroatoms. The molecule has 0 aliphatic carbocycles. The first kappa shape index (κ1) is 110. The van der Waals surface area contributed by atoms with Crippen molar-refractivity contribution in [2.24, 2.45) is 0 Å². The van der Waals surface area contributed by atoms with Crippen molar-refractivity contribution in [2.75, 3.05) is 18.5 Å². The van der Waals surface area contributed by atoms with E-state index in [0.717, 1.165) is 0 Å². The Hall–Kier alpha value is -7.47. The van der Waals surface area contributed by atoms with Gasteiger partial charge in [0.15, 0.2) is 0 Å². The number of alkyl halides is 1. The number of ether oxygens (including phenoxy) is 11. The normalized spacial score (nSPS) is 12.8.